The van der Waals surface area contributed by atoms with Crippen molar-refractivity contribution in [1.82, 2.24) is 9.88 Å². The minimum atomic E-state index is -0.924. The van der Waals surface area contributed by atoms with E-state index in [4.69, 9.17) is 9.84 Å². The van der Waals surface area contributed by atoms with Gasteiger partial charge in [-0.15, -0.1) is 0 Å². The molecule has 122 valence electrons. The Labute approximate surface area is 134 Å². The lowest BCUT2D eigenvalue weighted by Gasteiger charge is -2.27. The van der Waals surface area contributed by atoms with Crippen LogP contribution in [0.1, 0.15) is 19.3 Å². The summed E-state index contributed by atoms with van der Waals surface area (Å²) in [6.45, 7) is 1.30. The van der Waals surface area contributed by atoms with Crippen molar-refractivity contribution in [2.75, 3.05) is 13.2 Å². The van der Waals surface area contributed by atoms with Gasteiger partial charge in [-0.1, -0.05) is 18.2 Å². The molecular formula is C17H20N2O4. The second kappa shape index (κ2) is 6.42. The number of rotatable bonds is 6. The second-order valence-corrected chi connectivity index (χ2v) is 6.02. The molecule has 1 unspecified atom stereocenters. The quantitative estimate of drug-likeness (QED) is 0.851. The van der Waals surface area contributed by atoms with E-state index in [2.05, 4.69) is 5.32 Å². The Balaban J connectivity index is 1.61. The lowest BCUT2D eigenvalue weighted by Crippen LogP contribution is -2.50. The van der Waals surface area contributed by atoms with E-state index in [1.54, 1.807) is 0 Å². The van der Waals surface area contributed by atoms with Gasteiger partial charge in [-0.05, 0) is 23.9 Å². The number of para-hydroxylation sites is 1. The van der Waals surface area contributed by atoms with E-state index >= 15 is 0 Å². The molecule has 1 aromatic carbocycles. The molecule has 23 heavy (non-hydrogen) atoms. The lowest BCUT2D eigenvalue weighted by molar-refractivity contribution is -0.139. The van der Waals surface area contributed by atoms with Crippen LogP contribution in [-0.2, 0) is 20.9 Å². The summed E-state index contributed by atoms with van der Waals surface area (Å²) < 4.78 is 7.32. The highest BCUT2D eigenvalue weighted by Gasteiger charge is 2.38. The number of carbonyl (C=O) groups excluding carboxylic acids is 1. The average molecular weight is 316 g/mol. The van der Waals surface area contributed by atoms with Crippen molar-refractivity contribution >= 4 is 22.8 Å². The lowest BCUT2D eigenvalue weighted by atomic mass is 9.94. The number of carboxylic acids is 1. The average Bonchev–Trinajstić information content (AvgIpc) is 3.11. The van der Waals surface area contributed by atoms with E-state index in [1.807, 2.05) is 41.1 Å². The largest absolute Gasteiger partial charge is 0.481 e. The number of carboxylic acid groups (broad SMARTS) is 1. The molecule has 0 spiro atoms. The fourth-order valence-corrected chi connectivity index (χ4v) is 3.09. The molecule has 2 N–H and O–H groups in total. The highest BCUT2D eigenvalue weighted by molar-refractivity contribution is 5.81. The van der Waals surface area contributed by atoms with Crippen molar-refractivity contribution in [2.45, 2.75) is 31.3 Å². The van der Waals surface area contributed by atoms with Gasteiger partial charge in [-0.3, -0.25) is 9.59 Å². The number of hydrogen-bond donors (Lipinski definition) is 2. The number of aromatic nitrogens is 1. The van der Waals surface area contributed by atoms with E-state index in [9.17, 15) is 9.59 Å². The van der Waals surface area contributed by atoms with Gasteiger partial charge in [0.1, 0.15) is 0 Å². The summed E-state index contributed by atoms with van der Waals surface area (Å²) >= 11 is 0. The molecule has 6 heteroatoms. The Morgan fingerprint density at radius 1 is 1.30 bits per heavy atom. The molecule has 1 aromatic heterocycles. The third kappa shape index (κ3) is 3.53. The van der Waals surface area contributed by atoms with Gasteiger partial charge in [-0.2, -0.15) is 0 Å². The molecule has 2 heterocycles. The van der Waals surface area contributed by atoms with Crippen LogP contribution in [0.5, 0.6) is 0 Å². The smallest absolute Gasteiger partial charge is 0.305 e. The fraction of sp³-hybridized carbons (Fsp3) is 0.412. The molecule has 1 aliphatic heterocycles. The third-order valence-electron chi connectivity index (χ3n) is 4.26. The summed E-state index contributed by atoms with van der Waals surface area (Å²) in [6, 6.07) is 10.0. The number of fused-ring (bicyclic) bond motifs is 1. The number of benzene rings is 1. The number of ether oxygens (including phenoxy) is 1. The van der Waals surface area contributed by atoms with Crippen molar-refractivity contribution in [3.05, 3.63) is 36.5 Å². The summed E-state index contributed by atoms with van der Waals surface area (Å²) in [5.41, 5.74) is 0.326. The number of hydrogen-bond acceptors (Lipinski definition) is 3. The minimum Gasteiger partial charge on any atom is -0.481 e. The molecule has 0 bridgehead atoms. The number of amides is 1. The molecule has 1 aliphatic rings. The van der Waals surface area contributed by atoms with Crippen LogP contribution in [0.25, 0.3) is 10.9 Å². The van der Waals surface area contributed by atoms with Crippen LogP contribution in [0.2, 0.25) is 0 Å². The summed E-state index contributed by atoms with van der Waals surface area (Å²) in [5, 5.41) is 13.1. The molecule has 2 aromatic rings. The van der Waals surface area contributed by atoms with Gasteiger partial charge >= 0.3 is 5.97 Å². The predicted molar refractivity (Wildman–Crippen MR) is 85.1 cm³/mol. The number of carbonyl (C=O) groups is 2. The Bertz CT molecular complexity index is 716. The molecular weight excluding hydrogens is 296 g/mol. The number of nitrogens with one attached hydrogen (secondary N) is 1. The van der Waals surface area contributed by atoms with Crippen molar-refractivity contribution in [3.8, 4) is 0 Å². The number of aliphatic carboxylic acids is 1. The zero-order valence-corrected chi connectivity index (χ0v) is 12.8. The van der Waals surface area contributed by atoms with E-state index in [0.717, 1.165) is 10.9 Å². The van der Waals surface area contributed by atoms with Crippen LogP contribution in [0.15, 0.2) is 36.5 Å². The van der Waals surface area contributed by atoms with E-state index in [1.165, 1.54) is 0 Å². The first kappa shape index (κ1) is 15.6. The SMILES string of the molecule is O=C(O)CC1(NC(=O)CCn2ccc3ccccc32)CCOC1. The highest BCUT2D eigenvalue weighted by Crippen LogP contribution is 2.23. The minimum absolute atomic E-state index is 0.106. The Morgan fingerprint density at radius 2 is 2.13 bits per heavy atom. The topological polar surface area (TPSA) is 80.6 Å². The first-order valence-electron chi connectivity index (χ1n) is 7.72. The predicted octanol–water partition coefficient (Wildman–Crippen LogP) is 1.78. The third-order valence-corrected chi connectivity index (χ3v) is 4.26. The standard InChI is InChI=1S/C17H20N2O4/c20-15(18-17(11-16(21)22)7-10-23-12-17)6-9-19-8-5-13-3-1-2-4-14(13)19/h1-5,8H,6-7,9-12H2,(H,18,20)(H,21,22). The van der Waals surface area contributed by atoms with Crippen LogP contribution in [-0.4, -0.2) is 40.3 Å². The maximum Gasteiger partial charge on any atom is 0.305 e. The first-order valence-corrected chi connectivity index (χ1v) is 7.72. The summed E-state index contributed by atoms with van der Waals surface area (Å²) in [5.74, 6) is -1.07. The van der Waals surface area contributed by atoms with Gasteiger partial charge in [0.05, 0.1) is 18.6 Å². The molecule has 1 saturated heterocycles. The molecule has 0 saturated carbocycles. The first-order chi connectivity index (χ1) is 11.1. The van der Waals surface area contributed by atoms with Gasteiger partial charge in [0, 0.05) is 31.3 Å². The van der Waals surface area contributed by atoms with Crippen LogP contribution >= 0.6 is 0 Å². The van der Waals surface area contributed by atoms with Gasteiger partial charge in [0.25, 0.3) is 0 Å². The maximum absolute atomic E-state index is 12.2. The molecule has 6 nitrogen and oxygen atoms in total. The molecule has 3 rings (SSSR count). The van der Waals surface area contributed by atoms with Crippen molar-refractivity contribution in [2.24, 2.45) is 0 Å². The number of aryl methyl sites for hydroxylation is 1. The molecule has 1 fully saturated rings. The van der Waals surface area contributed by atoms with E-state index in [-0.39, 0.29) is 18.9 Å². The monoisotopic (exact) mass is 316 g/mol. The normalized spacial score (nSPS) is 20.7. The van der Waals surface area contributed by atoms with Crippen molar-refractivity contribution < 1.29 is 19.4 Å². The summed E-state index contributed by atoms with van der Waals surface area (Å²) in [4.78, 5) is 23.3. The van der Waals surface area contributed by atoms with E-state index < -0.39 is 11.5 Å². The van der Waals surface area contributed by atoms with Crippen molar-refractivity contribution in [1.29, 1.82) is 0 Å². The zero-order valence-electron chi connectivity index (χ0n) is 12.8. The number of nitrogens with zero attached hydrogens (tertiary/aromatic N) is 1. The molecule has 1 amide bonds. The Morgan fingerprint density at radius 3 is 2.87 bits per heavy atom. The summed E-state index contributed by atoms with van der Waals surface area (Å²) in [7, 11) is 0. The summed E-state index contributed by atoms with van der Waals surface area (Å²) in [6.07, 6.45) is 2.70. The van der Waals surface area contributed by atoms with Crippen LogP contribution in [0.4, 0.5) is 0 Å². The molecule has 0 radical (unpaired) electrons. The van der Waals surface area contributed by atoms with E-state index in [0.29, 0.717) is 26.0 Å². The van der Waals surface area contributed by atoms with Crippen LogP contribution in [0.3, 0.4) is 0 Å². The second-order valence-electron chi connectivity index (χ2n) is 6.02. The molecule has 1 atom stereocenters. The Kier molecular flexibility index (Phi) is 4.34. The van der Waals surface area contributed by atoms with Crippen LogP contribution in [0, 0.1) is 0 Å². The van der Waals surface area contributed by atoms with Crippen LogP contribution < -0.4 is 5.32 Å². The van der Waals surface area contributed by atoms with Gasteiger partial charge in [0.2, 0.25) is 5.91 Å². The highest BCUT2D eigenvalue weighted by atomic mass is 16.5. The van der Waals surface area contributed by atoms with Gasteiger partial charge in [0.15, 0.2) is 0 Å². The molecule has 0 aliphatic carbocycles. The van der Waals surface area contributed by atoms with Gasteiger partial charge in [-0.25, -0.2) is 0 Å². The zero-order chi connectivity index (χ0) is 16.3. The van der Waals surface area contributed by atoms with Gasteiger partial charge < -0.3 is 19.7 Å². The Hall–Kier alpha value is -2.34. The maximum atomic E-state index is 12.2. The fourth-order valence-electron chi connectivity index (χ4n) is 3.09. The van der Waals surface area contributed by atoms with Crippen molar-refractivity contribution in [3.63, 3.8) is 0 Å².